The largest absolute Gasteiger partial charge is 0.480 e. The molecule has 2 saturated heterocycles. The molecule has 0 aromatic carbocycles. The van der Waals surface area contributed by atoms with E-state index in [1.54, 1.807) is 6.92 Å². The summed E-state index contributed by atoms with van der Waals surface area (Å²) in [6, 6.07) is -0.314. The summed E-state index contributed by atoms with van der Waals surface area (Å²) < 4.78 is 0. The molecule has 0 aromatic heterocycles. The smallest absolute Gasteiger partial charge is 0.320 e. The number of fused-ring (bicyclic) bond motifs is 1. The van der Waals surface area contributed by atoms with Crippen molar-refractivity contribution in [1.82, 2.24) is 10.2 Å². The van der Waals surface area contributed by atoms with Gasteiger partial charge in [-0.05, 0) is 31.8 Å². The minimum Gasteiger partial charge on any atom is -0.480 e. The van der Waals surface area contributed by atoms with Gasteiger partial charge in [-0.2, -0.15) is 0 Å². The summed E-state index contributed by atoms with van der Waals surface area (Å²) in [7, 11) is 0. The van der Waals surface area contributed by atoms with Crippen molar-refractivity contribution in [2.75, 3.05) is 26.2 Å². The standard InChI is InChI=1S/C9H16N2O2/c1-6(9(12)13)11-4-7-2-10-3-8(7)5-11/h6-8,10H,2-5H2,1H3,(H,12,13). The maximum Gasteiger partial charge on any atom is 0.320 e. The molecule has 3 atom stereocenters. The highest BCUT2D eigenvalue weighted by molar-refractivity contribution is 5.72. The van der Waals surface area contributed by atoms with E-state index < -0.39 is 5.97 Å². The molecule has 0 radical (unpaired) electrons. The molecule has 4 nitrogen and oxygen atoms in total. The summed E-state index contributed by atoms with van der Waals surface area (Å²) >= 11 is 0. The predicted molar refractivity (Wildman–Crippen MR) is 48.5 cm³/mol. The Labute approximate surface area is 77.9 Å². The van der Waals surface area contributed by atoms with Gasteiger partial charge in [0.25, 0.3) is 0 Å². The normalized spacial score (nSPS) is 36.1. The zero-order valence-electron chi connectivity index (χ0n) is 7.86. The number of likely N-dealkylation sites (tertiary alicyclic amines) is 1. The third kappa shape index (κ3) is 1.56. The third-order valence-electron chi connectivity index (χ3n) is 3.32. The summed E-state index contributed by atoms with van der Waals surface area (Å²) in [5, 5.41) is 12.2. The molecule has 0 saturated carbocycles. The second-order valence-corrected chi connectivity index (χ2v) is 4.15. The first-order valence-corrected chi connectivity index (χ1v) is 4.86. The Balaban J connectivity index is 1.95. The number of rotatable bonds is 2. The van der Waals surface area contributed by atoms with Crippen molar-refractivity contribution < 1.29 is 9.90 Å². The van der Waals surface area contributed by atoms with Gasteiger partial charge in [0, 0.05) is 13.1 Å². The van der Waals surface area contributed by atoms with Crippen LogP contribution in [0.15, 0.2) is 0 Å². The van der Waals surface area contributed by atoms with Crippen LogP contribution in [0.3, 0.4) is 0 Å². The number of carbonyl (C=O) groups is 1. The van der Waals surface area contributed by atoms with Gasteiger partial charge in [-0.3, -0.25) is 9.69 Å². The lowest BCUT2D eigenvalue weighted by Gasteiger charge is -2.21. The van der Waals surface area contributed by atoms with Crippen LogP contribution < -0.4 is 5.32 Å². The highest BCUT2D eigenvalue weighted by Crippen LogP contribution is 2.27. The fraction of sp³-hybridized carbons (Fsp3) is 0.889. The highest BCUT2D eigenvalue weighted by Gasteiger charge is 2.39. The lowest BCUT2D eigenvalue weighted by molar-refractivity contribution is -0.142. The Morgan fingerprint density at radius 1 is 1.46 bits per heavy atom. The highest BCUT2D eigenvalue weighted by atomic mass is 16.4. The van der Waals surface area contributed by atoms with E-state index in [1.807, 2.05) is 0 Å². The van der Waals surface area contributed by atoms with Crippen LogP contribution in [-0.2, 0) is 4.79 Å². The molecule has 0 amide bonds. The van der Waals surface area contributed by atoms with Gasteiger partial charge in [0.05, 0.1) is 0 Å². The van der Waals surface area contributed by atoms with Crippen molar-refractivity contribution in [3.05, 3.63) is 0 Å². The van der Waals surface area contributed by atoms with Gasteiger partial charge in [-0.1, -0.05) is 0 Å². The van der Waals surface area contributed by atoms with E-state index in [1.165, 1.54) is 0 Å². The monoisotopic (exact) mass is 184 g/mol. The maximum atomic E-state index is 10.7. The fourth-order valence-corrected chi connectivity index (χ4v) is 2.36. The van der Waals surface area contributed by atoms with Gasteiger partial charge in [-0.25, -0.2) is 0 Å². The minimum absolute atomic E-state index is 0.314. The molecule has 0 bridgehead atoms. The van der Waals surface area contributed by atoms with E-state index in [2.05, 4.69) is 10.2 Å². The fourth-order valence-electron chi connectivity index (χ4n) is 2.36. The lowest BCUT2D eigenvalue weighted by Crippen LogP contribution is -2.38. The summed E-state index contributed by atoms with van der Waals surface area (Å²) in [6.45, 7) is 5.80. The van der Waals surface area contributed by atoms with Crippen LogP contribution in [0, 0.1) is 11.8 Å². The molecule has 2 aliphatic heterocycles. The molecule has 2 rings (SSSR count). The van der Waals surface area contributed by atoms with Gasteiger partial charge in [-0.15, -0.1) is 0 Å². The molecule has 2 heterocycles. The molecule has 0 aromatic rings. The number of carboxylic acid groups (broad SMARTS) is 1. The molecule has 4 heteroatoms. The molecule has 2 fully saturated rings. The topological polar surface area (TPSA) is 52.6 Å². The van der Waals surface area contributed by atoms with E-state index in [4.69, 9.17) is 5.11 Å². The second kappa shape index (κ2) is 3.27. The van der Waals surface area contributed by atoms with Crippen molar-refractivity contribution in [1.29, 1.82) is 0 Å². The molecule has 0 aliphatic carbocycles. The van der Waals surface area contributed by atoms with E-state index in [-0.39, 0.29) is 6.04 Å². The first kappa shape index (κ1) is 8.97. The Kier molecular flexibility index (Phi) is 2.26. The zero-order valence-corrected chi connectivity index (χ0v) is 7.86. The first-order valence-electron chi connectivity index (χ1n) is 4.86. The zero-order chi connectivity index (χ0) is 9.42. The van der Waals surface area contributed by atoms with Gasteiger partial charge < -0.3 is 10.4 Å². The van der Waals surface area contributed by atoms with E-state index >= 15 is 0 Å². The van der Waals surface area contributed by atoms with Crippen molar-refractivity contribution in [2.45, 2.75) is 13.0 Å². The number of hydrogen-bond donors (Lipinski definition) is 2. The number of nitrogens with one attached hydrogen (secondary N) is 1. The van der Waals surface area contributed by atoms with Crippen LogP contribution in [0.25, 0.3) is 0 Å². The minimum atomic E-state index is -0.701. The number of hydrogen-bond acceptors (Lipinski definition) is 3. The van der Waals surface area contributed by atoms with Crippen molar-refractivity contribution >= 4 is 5.97 Å². The molecule has 3 unspecified atom stereocenters. The number of carboxylic acids is 1. The number of nitrogens with zero attached hydrogens (tertiary/aromatic N) is 1. The maximum absolute atomic E-state index is 10.7. The molecule has 2 aliphatic rings. The second-order valence-electron chi connectivity index (χ2n) is 4.15. The Bertz CT molecular complexity index is 208. The van der Waals surface area contributed by atoms with Crippen LogP contribution >= 0.6 is 0 Å². The summed E-state index contributed by atoms with van der Waals surface area (Å²) in [4.78, 5) is 12.8. The average Bonchev–Trinajstić information content (AvgIpc) is 2.59. The molecule has 13 heavy (non-hydrogen) atoms. The SMILES string of the molecule is CC(C(=O)O)N1CC2CNCC2C1. The van der Waals surface area contributed by atoms with Gasteiger partial charge in [0.1, 0.15) is 6.04 Å². The van der Waals surface area contributed by atoms with Crippen LogP contribution in [0.4, 0.5) is 0 Å². The Hall–Kier alpha value is -0.610. The molecule has 74 valence electrons. The first-order chi connectivity index (χ1) is 6.18. The van der Waals surface area contributed by atoms with Crippen LogP contribution in [-0.4, -0.2) is 48.2 Å². The molecular formula is C9H16N2O2. The van der Waals surface area contributed by atoms with Crippen molar-refractivity contribution in [2.24, 2.45) is 11.8 Å². The molecule has 2 N–H and O–H groups in total. The van der Waals surface area contributed by atoms with Gasteiger partial charge in [0.15, 0.2) is 0 Å². The van der Waals surface area contributed by atoms with Gasteiger partial charge >= 0.3 is 5.97 Å². The van der Waals surface area contributed by atoms with Crippen LogP contribution in [0.5, 0.6) is 0 Å². The van der Waals surface area contributed by atoms with Crippen LogP contribution in [0.2, 0.25) is 0 Å². The molecule has 0 spiro atoms. The lowest BCUT2D eigenvalue weighted by atomic mass is 10.0. The summed E-state index contributed by atoms with van der Waals surface area (Å²) in [6.07, 6.45) is 0. The van der Waals surface area contributed by atoms with E-state index in [0.29, 0.717) is 11.8 Å². The summed E-state index contributed by atoms with van der Waals surface area (Å²) in [5.74, 6) is 0.663. The quantitative estimate of drug-likeness (QED) is 0.614. The van der Waals surface area contributed by atoms with E-state index in [0.717, 1.165) is 26.2 Å². The van der Waals surface area contributed by atoms with Crippen LogP contribution in [0.1, 0.15) is 6.92 Å². The predicted octanol–water partition coefficient (Wildman–Crippen LogP) is -0.389. The van der Waals surface area contributed by atoms with Gasteiger partial charge in [0.2, 0.25) is 0 Å². The molecular weight excluding hydrogens is 168 g/mol. The van der Waals surface area contributed by atoms with Crippen molar-refractivity contribution in [3.8, 4) is 0 Å². The Morgan fingerprint density at radius 3 is 2.46 bits per heavy atom. The third-order valence-corrected chi connectivity index (χ3v) is 3.32. The van der Waals surface area contributed by atoms with Crippen molar-refractivity contribution in [3.63, 3.8) is 0 Å². The number of aliphatic carboxylic acids is 1. The summed E-state index contributed by atoms with van der Waals surface area (Å²) in [5.41, 5.74) is 0. The van der Waals surface area contributed by atoms with E-state index in [9.17, 15) is 4.79 Å². The average molecular weight is 184 g/mol. The Morgan fingerprint density at radius 2 is 2.00 bits per heavy atom.